The van der Waals surface area contributed by atoms with Gasteiger partial charge in [0.25, 0.3) is 5.89 Å². The summed E-state index contributed by atoms with van der Waals surface area (Å²) in [7, 11) is 0. The summed E-state index contributed by atoms with van der Waals surface area (Å²) in [6, 6.07) is 14.6. The van der Waals surface area contributed by atoms with Crippen molar-refractivity contribution in [3.63, 3.8) is 0 Å². The van der Waals surface area contributed by atoms with Gasteiger partial charge >= 0.3 is 5.97 Å². The van der Waals surface area contributed by atoms with Crippen molar-refractivity contribution >= 4 is 33.5 Å². The highest BCUT2D eigenvalue weighted by Crippen LogP contribution is 2.35. The molecule has 0 saturated carbocycles. The highest BCUT2D eigenvalue weighted by molar-refractivity contribution is 9.10. The zero-order chi connectivity index (χ0) is 19.8. The maximum atomic E-state index is 11.6. The monoisotopic (exact) mass is 458 g/mol. The molecule has 0 atom stereocenters. The van der Waals surface area contributed by atoms with Crippen LogP contribution < -0.4 is 0 Å². The Bertz CT molecular complexity index is 1200. The Labute approximate surface area is 172 Å². The quantitative estimate of drug-likeness (QED) is 0.461. The third-order valence-corrected chi connectivity index (χ3v) is 5.07. The Hall–Kier alpha value is -2.97. The summed E-state index contributed by atoms with van der Waals surface area (Å²) < 4.78 is 7.44. The Morgan fingerprint density at radius 2 is 1.89 bits per heavy atom. The molecule has 4 rings (SSSR count). The molecule has 0 amide bonds. The van der Waals surface area contributed by atoms with E-state index in [9.17, 15) is 9.90 Å². The normalized spacial score (nSPS) is 11.0. The number of carboxylic acids is 1. The van der Waals surface area contributed by atoms with Gasteiger partial charge in [-0.3, -0.25) is 0 Å². The summed E-state index contributed by atoms with van der Waals surface area (Å²) in [6.07, 6.45) is 0. The van der Waals surface area contributed by atoms with E-state index < -0.39 is 5.97 Å². The molecule has 0 fully saturated rings. The average Bonchev–Trinajstić information content (AvgIpc) is 3.27. The van der Waals surface area contributed by atoms with Gasteiger partial charge in [-0.2, -0.15) is 5.10 Å². The minimum absolute atomic E-state index is 0.114. The molecule has 140 valence electrons. The van der Waals surface area contributed by atoms with E-state index in [1.54, 1.807) is 24.3 Å². The first-order chi connectivity index (χ1) is 13.5. The number of benzene rings is 2. The summed E-state index contributed by atoms with van der Waals surface area (Å²) in [5.41, 5.74) is 2.41. The predicted molar refractivity (Wildman–Crippen MR) is 107 cm³/mol. The van der Waals surface area contributed by atoms with Crippen molar-refractivity contribution in [2.75, 3.05) is 0 Å². The minimum atomic E-state index is -1.20. The zero-order valence-electron chi connectivity index (χ0n) is 14.4. The fourth-order valence-electron chi connectivity index (χ4n) is 2.73. The molecule has 2 heterocycles. The maximum Gasteiger partial charge on any atom is 0.357 e. The highest BCUT2D eigenvalue weighted by Gasteiger charge is 2.27. The van der Waals surface area contributed by atoms with Gasteiger partial charge in [0.1, 0.15) is 5.69 Å². The number of aromatic nitrogens is 4. The molecule has 0 unspecified atom stereocenters. The number of aromatic carboxylic acids is 1. The summed E-state index contributed by atoms with van der Waals surface area (Å²) >= 11 is 9.59. The largest absolute Gasteiger partial charge is 0.476 e. The summed E-state index contributed by atoms with van der Waals surface area (Å²) in [4.78, 5) is 11.6. The van der Waals surface area contributed by atoms with E-state index in [1.165, 1.54) is 4.68 Å². The lowest BCUT2D eigenvalue weighted by molar-refractivity contribution is 0.0689. The lowest BCUT2D eigenvalue weighted by Crippen LogP contribution is -2.03. The van der Waals surface area contributed by atoms with E-state index in [1.807, 2.05) is 31.2 Å². The van der Waals surface area contributed by atoms with Gasteiger partial charge in [0.15, 0.2) is 5.69 Å². The van der Waals surface area contributed by atoms with Crippen LogP contribution in [0, 0.1) is 6.92 Å². The molecular formula is C19H12BrClN4O3. The number of rotatable bonds is 4. The SMILES string of the molecule is Cc1cccc(-c2nnc(-c3c(Br)c(C(=O)O)nn3-c3ccccc3Cl)o2)c1. The van der Waals surface area contributed by atoms with Crippen LogP contribution in [0.5, 0.6) is 0 Å². The number of carbonyl (C=O) groups is 1. The van der Waals surface area contributed by atoms with Gasteiger partial charge in [-0.1, -0.05) is 41.4 Å². The van der Waals surface area contributed by atoms with Crippen molar-refractivity contribution in [1.82, 2.24) is 20.0 Å². The third-order valence-electron chi connectivity index (χ3n) is 4.00. The van der Waals surface area contributed by atoms with Gasteiger partial charge in [-0.15, -0.1) is 10.2 Å². The molecule has 0 aliphatic rings. The number of carboxylic acid groups (broad SMARTS) is 1. The molecular weight excluding hydrogens is 448 g/mol. The second-order valence-electron chi connectivity index (χ2n) is 5.96. The van der Waals surface area contributed by atoms with E-state index >= 15 is 0 Å². The van der Waals surface area contributed by atoms with Crippen molar-refractivity contribution in [3.8, 4) is 28.7 Å². The van der Waals surface area contributed by atoms with E-state index in [4.69, 9.17) is 16.0 Å². The van der Waals surface area contributed by atoms with Crippen LogP contribution >= 0.6 is 27.5 Å². The molecule has 2 aromatic carbocycles. The summed E-state index contributed by atoms with van der Waals surface area (Å²) in [6.45, 7) is 1.96. The Morgan fingerprint density at radius 1 is 1.14 bits per heavy atom. The standard InChI is InChI=1S/C19H12BrClN4O3/c1-10-5-4-6-11(9-10)17-22-23-18(28-17)16-14(20)15(19(26)27)24-25(16)13-8-3-2-7-12(13)21/h2-9H,1H3,(H,26,27). The molecule has 7 nitrogen and oxygen atoms in total. The number of nitrogens with zero attached hydrogens (tertiary/aromatic N) is 4. The predicted octanol–water partition coefficient (Wildman–Crippen LogP) is 5.01. The van der Waals surface area contributed by atoms with Crippen molar-refractivity contribution in [3.05, 3.63) is 69.3 Å². The van der Waals surface area contributed by atoms with Crippen molar-refractivity contribution in [1.29, 1.82) is 0 Å². The maximum absolute atomic E-state index is 11.6. The fraction of sp³-hybridized carbons (Fsp3) is 0.0526. The van der Waals surface area contributed by atoms with Crippen LogP contribution in [0.4, 0.5) is 0 Å². The molecule has 9 heteroatoms. The Kier molecular flexibility index (Phi) is 4.74. The zero-order valence-corrected chi connectivity index (χ0v) is 16.8. The molecule has 0 spiro atoms. The van der Waals surface area contributed by atoms with Crippen LogP contribution in [-0.4, -0.2) is 31.1 Å². The Balaban J connectivity index is 1.91. The number of aryl methyl sites for hydroxylation is 1. The Morgan fingerprint density at radius 3 is 2.61 bits per heavy atom. The van der Waals surface area contributed by atoms with E-state index in [-0.39, 0.29) is 16.1 Å². The van der Waals surface area contributed by atoms with Gasteiger partial charge in [-0.25, -0.2) is 9.48 Å². The van der Waals surface area contributed by atoms with Gasteiger partial charge < -0.3 is 9.52 Å². The topological polar surface area (TPSA) is 94.0 Å². The number of halogens is 2. The van der Waals surface area contributed by atoms with Crippen LogP contribution in [0.2, 0.25) is 5.02 Å². The molecule has 1 N–H and O–H groups in total. The number of hydrogen-bond acceptors (Lipinski definition) is 5. The van der Waals surface area contributed by atoms with Gasteiger partial charge in [0.05, 0.1) is 15.2 Å². The van der Waals surface area contributed by atoms with Crippen molar-refractivity contribution in [2.24, 2.45) is 0 Å². The van der Waals surface area contributed by atoms with Crippen LogP contribution in [0.25, 0.3) is 28.7 Å². The van der Waals surface area contributed by atoms with E-state index in [2.05, 4.69) is 31.2 Å². The van der Waals surface area contributed by atoms with E-state index in [0.29, 0.717) is 22.3 Å². The molecule has 0 aliphatic carbocycles. The average molecular weight is 460 g/mol. The lowest BCUT2D eigenvalue weighted by Gasteiger charge is -2.06. The van der Waals surface area contributed by atoms with Gasteiger partial charge in [0, 0.05) is 5.56 Å². The highest BCUT2D eigenvalue weighted by atomic mass is 79.9. The van der Waals surface area contributed by atoms with Crippen LogP contribution in [-0.2, 0) is 0 Å². The smallest absolute Gasteiger partial charge is 0.357 e. The first-order valence-electron chi connectivity index (χ1n) is 8.13. The molecule has 0 radical (unpaired) electrons. The fourth-order valence-corrected chi connectivity index (χ4v) is 3.53. The molecule has 28 heavy (non-hydrogen) atoms. The molecule has 0 saturated heterocycles. The molecule has 4 aromatic rings. The van der Waals surface area contributed by atoms with Crippen LogP contribution in [0.15, 0.2) is 57.4 Å². The third kappa shape index (κ3) is 3.21. The molecule has 0 bridgehead atoms. The summed E-state index contributed by atoms with van der Waals surface area (Å²) in [5.74, 6) is -0.768. The van der Waals surface area contributed by atoms with Crippen LogP contribution in [0.1, 0.15) is 16.1 Å². The van der Waals surface area contributed by atoms with Crippen LogP contribution in [0.3, 0.4) is 0 Å². The first-order valence-corrected chi connectivity index (χ1v) is 9.30. The second-order valence-corrected chi connectivity index (χ2v) is 7.16. The van der Waals surface area contributed by atoms with Crippen molar-refractivity contribution in [2.45, 2.75) is 6.92 Å². The second kappa shape index (κ2) is 7.21. The summed E-state index contributed by atoms with van der Waals surface area (Å²) in [5, 5.41) is 22.2. The number of para-hydroxylation sites is 1. The number of hydrogen-bond donors (Lipinski definition) is 1. The molecule has 2 aromatic heterocycles. The van der Waals surface area contributed by atoms with Crippen molar-refractivity contribution < 1.29 is 14.3 Å². The van der Waals surface area contributed by atoms with Gasteiger partial charge in [-0.05, 0) is 47.1 Å². The first kappa shape index (κ1) is 18.4. The molecule has 0 aliphatic heterocycles. The van der Waals surface area contributed by atoms with Gasteiger partial charge in [0.2, 0.25) is 5.89 Å². The van der Waals surface area contributed by atoms with E-state index in [0.717, 1.165) is 11.1 Å². The minimum Gasteiger partial charge on any atom is -0.476 e. The lowest BCUT2D eigenvalue weighted by atomic mass is 10.1.